The van der Waals surface area contributed by atoms with Crippen LogP contribution in [0, 0.1) is 0 Å². The van der Waals surface area contributed by atoms with E-state index in [9.17, 15) is 14.4 Å². The Morgan fingerprint density at radius 2 is 1.58 bits per heavy atom. The van der Waals surface area contributed by atoms with E-state index in [-0.39, 0.29) is 18.1 Å². The van der Waals surface area contributed by atoms with Crippen molar-refractivity contribution in [3.05, 3.63) is 0 Å². The van der Waals surface area contributed by atoms with Crippen LogP contribution in [0.4, 0.5) is 0 Å². The first-order chi connectivity index (χ1) is 11.6. The molecule has 1 heterocycles. The highest BCUT2D eigenvalue weighted by Gasteiger charge is 2.28. The molecule has 24 heavy (non-hydrogen) atoms. The van der Waals surface area contributed by atoms with Crippen LogP contribution in [0.15, 0.2) is 0 Å². The van der Waals surface area contributed by atoms with Crippen LogP contribution in [-0.2, 0) is 19.1 Å². The van der Waals surface area contributed by atoms with Gasteiger partial charge in [0.2, 0.25) is 5.91 Å². The number of nitrogens with one attached hydrogen (secondary N) is 1. The second-order valence-electron chi connectivity index (χ2n) is 6.72. The van der Waals surface area contributed by atoms with Crippen LogP contribution in [0.25, 0.3) is 0 Å². The molecule has 1 rings (SSSR count). The quantitative estimate of drug-likeness (QED) is 0.298. The summed E-state index contributed by atoms with van der Waals surface area (Å²) in [4.78, 5) is 34.7. The number of ketones is 1. The van der Waals surface area contributed by atoms with Gasteiger partial charge in [-0.05, 0) is 6.42 Å². The fraction of sp³-hybridized carbons (Fsp3) is 0.842. The molecule has 1 N–H and O–H groups in total. The van der Waals surface area contributed by atoms with Crippen molar-refractivity contribution < 1.29 is 19.1 Å². The Kier molecular flexibility index (Phi) is 11.2. The molecule has 1 amide bonds. The number of carbonyl (C=O) groups is 3. The summed E-state index contributed by atoms with van der Waals surface area (Å²) >= 11 is 0. The molecule has 0 aliphatic carbocycles. The number of esters is 1. The molecule has 138 valence electrons. The van der Waals surface area contributed by atoms with Gasteiger partial charge < -0.3 is 10.1 Å². The summed E-state index contributed by atoms with van der Waals surface area (Å²) in [6.07, 6.45) is 13.1. The summed E-state index contributed by atoms with van der Waals surface area (Å²) in [5.74, 6) is -0.806. The van der Waals surface area contributed by atoms with E-state index in [0.717, 1.165) is 12.8 Å². The third-order valence-electron chi connectivity index (χ3n) is 4.44. The number of amides is 1. The number of Topliss-reactive ketones (excluding diaryl/α,β-unsaturated/α-hetero) is 1. The predicted octanol–water partition coefficient (Wildman–Crippen LogP) is 3.69. The number of ether oxygens (including phenoxy) is 1. The summed E-state index contributed by atoms with van der Waals surface area (Å²) in [5.41, 5.74) is 0. The van der Waals surface area contributed by atoms with Gasteiger partial charge in [-0.1, -0.05) is 64.7 Å². The molecule has 0 aromatic heterocycles. The first kappa shape index (κ1) is 20.7. The van der Waals surface area contributed by atoms with Crippen molar-refractivity contribution >= 4 is 17.7 Å². The largest absolute Gasteiger partial charge is 0.464 e. The van der Waals surface area contributed by atoms with Crippen LogP contribution in [0.2, 0.25) is 0 Å². The molecule has 5 nitrogen and oxygen atoms in total. The highest BCUT2D eigenvalue weighted by Crippen LogP contribution is 2.12. The van der Waals surface area contributed by atoms with Crippen LogP contribution in [0.3, 0.4) is 0 Å². The molecular weight excluding hydrogens is 306 g/mol. The summed E-state index contributed by atoms with van der Waals surface area (Å²) < 4.78 is 4.77. The number of unbranched alkanes of at least 4 members (excludes halogenated alkanes) is 9. The Balaban J connectivity index is 1.92. The third kappa shape index (κ3) is 9.68. The van der Waals surface area contributed by atoms with Gasteiger partial charge in [-0.25, -0.2) is 4.79 Å². The lowest BCUT2D eigenvalue weighted by atomic mass is 10.0. The number of carbonyl (C=O) groups excluding carboxylic acids is 3. The van der Waals surface area contributed by atoms with Gasteiger partial charge in [0.1, 0.15) is 11.8 Å². The number of cyclic esters (lactones) is 1. The third-order valence-corrected chi connectivity index (χ3v) is 4.44. The lowest BCUT2D eigenvalue weighted by Gasteiger charge is -2.08. The number of rotatable bonds is 14. The first-order valence-corrected chi connectivity index (χ1v) is 9.61. The Labute approximate surface area is 145 Å². The standard InChI is InChI=1S/C19H33NO4/c1-2-3-4-5-6-7-8-9-10-11-12-16(21)15-18(22)20-17-13-14-24-19(17)23/h17H,2-15H2,1H3,(H,20,22)/t17-/m0/s1. The first-order valence-electron chi connectivity index (χ1n) is 9.61. The lowest BCUT2D eigenvalue weighted by molar-refractivity contribution is -0.142. The molecule has 1 fully saturated rings. The van der Waals surface area contributed by atoms with Gasteiger partial charge in [-0.3, -0.25) is 9.59 Å². The Morgan fingerprint density at radius 1 is 1.00 bits per heavy atom. The highest BCUT2D eigenvalue weighted by atomic mass is 16.5. The normalized spacial score (nSPS) is 16.9. The van der Waals surface area contributed by atoms with Crippen LogP contribution in [-0.4, -0.2) is 30.3 Å². The van der Waals surface area contributed by atoms with E-state index in [2.05, 4.69) is 12.2 Å². The van der Waals surface area contributed by atoms with Gasteiger partial charge >= 0.3 is 5.97 Å². The molecule has 0 bridgehead atoms. The van der Waals surface area contributed by atoms with Gasteiger partial charge in [0.25, 0.3) is 0 Å². The Hall–Kier alpha value is -1.39. The molecule has 0 radical (unpaired) electrons. The van der Waals surface area contributed by atoms with Crippen molar-refractivity contribution in [2.24, 2.45) is 0 Å². The molecule has 0 aromatic carbocycles. The maximum absolute atomic E-state index is 11.8. The Morgan fingerprint density at radius 3 is 2.12 bits per heavy atom. The Bertz CT molecular complexity index is 395. The van der Waals surface area contributed by atoms with Crippen molar-refractivity contribution in [3.8, 4) is 0 Å². The predicted molar refractivity (Wildman–Crippen MR) is 93.6 cm³/mol. The molecule has 0 unspecified atom stereocenters. The van der Waals surface area contributed by atoms with Gasteiger partial charge in [-0.2, -0.15) is 0 Å². The van der Waals surface area contributed by atoms with Crippen molar-refractivity contribution in [1.29, 1.82) is 0 Å². The van der Waals surface area contributed by atoms with Crippen molar-refractivity contribution in [1.82, 2.24) is 5.32 Å². The molecule has 0 saturated carbocycles. The van der Waals surface area contributed by atoms with E-state index in [0.29, 0.717) is 19.4 Å². The molecule has 0 spiro atoms. The molecule has 1 saturated heterocycles. The van der Waals surface area contributed by atoms with Crippen LogP contribution in [0.1, 0.15) is 90.4 Å². The monoisotopic (exact) mass is 339 g/mol. The zero-order valence-electron chi connectivity index (χ0n) is 15.1. The average Bonchev–Trinajstić information content (AvgIpc) is 2.94. The van der Waals surface area contributed by atoms with E-state index in [4.69, 9.17) is 4.74 Å². The smallest absolute Gasteiger partial charge is 0.328 e. The van der Waals surface area contributed by atoms with E-state index in [1.807, 2.05) is 0 Å². The van der Waals surface area contributed by atoms with Crippen LogP contribution in [0.5, 0.6) is 0 Å². The lowest BCUT2D eigenvalue weighted by Crippen LogP contribution is -2.38. The van der Waals surface area contributed by atoms with E-state index in [1.54, 1.807) is 0 Å². The minimum atomic E-state index is -0.567. The highest BCUT2D eigenvalue weighted by molar-refractivity contribution is 5.99. The zero-order chi connectivity index (χ0) is 17.6. The zero-order valence-corrected chi connectivity index (χ0v) is 15.1. The van der Waals surface area contributed by atoms with Crippen LogP contribution < -0.4 is 5.32 Å². The fourth-order valence-electron chi connectivity index (χ4n) is 2.95. The van der Waals surface area contributed by atoms with Gasteiger partial charge in [0, 0.05) is 12.8 Å². The van der Waals surface area contributed by atoms with E-state index >= 15 is 0 Å². The van der Waals surface area contributed by atoms with Crippen molar-refractivity contribution in [2.75, 3.05) is 6.61 Å². The second kappa shape index (κ2) is 13.0. The van der Waals surface area contributed by atoms with E-state index < -0.39 is 12.0 Å². The molecule has 5 heteroatoms. The molecule has 1 atom stereocenters. The molecule has 1 aliphatic heterocycles. The minimum absolute atomic E-state index is 0.0431. The fourth-order valence-corrected chi connectivity index (χ4v) is 2.95. The van der Waals surface area contributed by atoms with Gasteiger partial charge in [0.15, 0.2) is 0 Å². The minimum Gasteiger partial charge on any atom is -0.464 e. The number of hydrogen-bond acceptors (Lipinski definition) is 4. The summed E-state index contributed by atoms with van der Waals surface area (Å²) in [7, 11) is 0. The maximum Gasteiger partial charge on any atom is 0.328 e. The van der Waals surface area contributed by atoms with Gasteiger partial charge in [0.05, 0.1) is 13.0 Å². The van der Waals surface area contributed by atoms with Crippen LogP contribution >= 0.6 is 0 Å². The maximum atomic E-state index is 11.8. The molecular formula is C19H33NO4. The van der Waals surface area contributed by atoms with Gasteiger partial charge in [-0.15, -0.1) is 0 Å². The summed E-state index contributed by atoms with van der Waals surface area (Å²) in [6, 6.07) is -0.567. The van der Waals surface area contributed by atoms with Crippen molar-refractivity contribution in [2.45, 2.75) is 96.4 Å². The molecule has 0 aromatic rings. The van der Waals surface area contributed by atoms with Crippen molar-refractivity contribution in [3.63, 3.8) is 0 Å². The van der Waals surface area contributed by atoms with E-state index in [1.165, 1.54) is 51.4 Å². The summed E-state index contributed by atoms with van der Waals surface area (Å²) in [6.45, 7) is 2.57. The topological polar surface area (TPSA) is 72.5 Å². The second-order valence-corrected chi connectivity index (χ2v) is 6.72. The summed E-state index contributed by atoms with van der Waals surface area (Å²) in [5, 5.41) is 2.56. The SMILES string of the molecule is CCCCCCCCCCCCC(=O)CC(=O)N[C@H]1CCOC1=O. The number of hydrogen-bond donors (Lipinski definition) is 1. The average molecular weight is 339 g/mol. The molecule has 1 aliphatic rings.